The highest BCUT2D eigenvalue weighted by Crippen LogP contribution is 2.33. The van der Waals surface area contributed by atoms with Crippen molar-refractivity contribution in [1.29, 1.82) is 0 Å². The Kier molecular flexibility index (Phi) is 6.64. The van der Waals surface area contributed by atoms with E-state index in [1.54, 1.807) is 18.3 Å². The van der Waals surface area contributed by atoms with Crippen LogP contribution in [0.15, 0.2) is 43.0 Å². The number of fused-ring (bicyclic) bond motifs is 1. The predicted octanol–water partition coefficient (Wildman–Crippen LogP) is 4.95. The topological polar surface area (TPSA) is 101 Å². The number of nitrogens with one attached hydrogen (secondary N) is 2. The van der Waals surface area contributed by atoms with E-state index < -0.39 is 6.10 Å². The molecule has 0 aliphatic carbocycles. The van der Waals surface area contributed by atoms with E-state index in [1.807, 2.05) is 23.9 Å². The second-order valence-corrected chi connectivity index (χ2v) is 9.55. The molecule has 0 saturated carbocycles. The number of pyridine rings is 1. The molecule has 1 fully saturated rings. The lowest BCUT2D eigenvalue weighted by molar-refractivity contribution is 0.102. The fourth-order valence-corrected chi connectivity index (χ4v) is 5.13. The number of likely N-dealkylation sites (N-methyl/N-ethyl adjacent to an activating group) is 1. The molecular weight excluding hydrogens is 489 g/mol. The van der Waals surface area contributed by atoms with Gasteiger partial charge in [0, 0.05) is 35.6 Å². The number of nitrogens with zero attached hydrogens (tertiary/aromatic N) is 5. The highest BCUT2D eigenvalue weighted by Gasteiger charge is 2.22. The van der Waals surface area contributed by atoms with E-state index in [-0.39, 0.29) is 11.6 Å². The largest absolute Gasteiger partial charge is 0.486 e. The average molecular weight is 514 g/mol. The lowest BCUT2D eigenvalue weighted by Gasteiger charge is -2.18. The summed E-state index contributed by atoms with van der Waals surface area (Å²) < 4.78 is 7.95. The van der Waals surface area contributed by atoms with Crippen LogP contribution in [0.5, 0.6) is 5.75 Å². The highest BCUT2D eigenvalue weighted by molar-refractivity contribution is 6.35. The molecule has 3 aromatic heterocycles. The molecule has 1 aromatic carbocycles. The summed E-state index contributed by atoms with van der Waals surface area (Å²) in [7, 11) is 2.13. The molecule has 1 saturated heterocycles. The van der Waals surface area contributed by atoms with E-state index in [1.165, 1.54) is 18.8 Å². The number of carbonyl (C=O) groups is 1. The fourth-order valence-electron chi connectivity index (χ4n) is 4.46. The maximum Gasteiger partial charge on any atom is 0.276 e. The molecule has 0 radical (unpaired) electrons. The molecule has 11 heteroatoms. The molecule has 9 nitrogen and oxygen atoms in total. The van der Waals surface area contributed by atoms with E-state index in [0.717, 1.165) is 25.0 Å². The molecular formula is C24H25Cl2N7O2. The van der Waals surface area contributed by atoms with Crippen LogP contribution >= 0.6 is 23.2 Å². The van der Waals surface area contributed by atoms with Gasteiger partial charge in [0.25, 0.3) is 5.91 Å². The molecule has 2 atom stereocenters. The van der Waals surface area contributed by atoms with Crippen LogP contribution in [-0.2, 0) is 6.54 Å². The predicted molar refractivity (Wildman–Crippen MR) is 135 cm³/mol. The Bertz CT molecular complexity index is 1350. The molecule has 1 aliphatic heterocycles. The van der Waals surface area contributed by atoms with Gasteiger partial charge in [-0.1, -0.05) is 23.2 Å². The minimum atomic E-state index is -0.427. The summed E-state index contributed by atoms with van der Waals surface area (Å²) in [6, 6.07) is 5.84. The van der Waals surface area contributed by atoms with Crippen molar-refractivity contribution < 1.29 is 9.53 Å². The maximum absolute atomic E-state index is 13.0. The summed E-state index contributed by atoms with van der Waals surface area (Å²) in [6.07, 6.45) is 8.48. The van der Waals surface area contributed by atoms with Crippen molar-refractivity contribution in [3.8, 4) is 5.75 Å². The Hall–Kier alpha value is -3.14. The third-order valence-electron chi connectivity index (χ3n) is 6.32. The maximum atomic E-state index is 13.0. The zero-order valence-corrected chi connectivity index (χ0v) is 20.8. The van der Waals surface area contributed by atoms with Crippen molar-refractivity contribution in [3.05, 3.63) is 64.3 Å². The molecule has 4 heterocycles. The van der Waals surface area contributed by atoms with Gasteiger partial charge in [-0.05, 0) is 51.6 Å². The number of benzene rings is 1. The second kappa shape index (κ2) is 9.85. The van der Waals surface area contributed by atoms with Crippen molar-refractivity contribution >= 4 is 45.7 Å². The fraction of sp³-hybridized carbons (Fsp3) is 0.333. The Balaban J connectivity index is 1.31. The van der Waals surface area contributed by atoms with Crippen LogP contribution in [-0.4, -0.2) is 55.4 Å². The molecule has 1 unspecified atom stereocenters. The van der Waals surface area contributed by atoms with Gasteiger partial charge >= 0.3 is 0 Å². The first kappa shape index (κ1) is 23.6. The van der Waals surface area contributed by atoms with E-state index in [9.17, 15) is 4.79 Å². The molecule has 5 rings (SSSR count). The third-order valence-corrected chi connectivity index (χ3v) is 6.92. The zero-order valence-electron chi connectivity index (χ0n) is 19.3. The summed E-state index contributed by atoms with van der Waals surface area (Å²) in [5.41, 5.74) is 2.25. The summed E-state index contributed by atoms with van der Waals surface area (Å²) in [4.78, 5) is 19.3. The summed E-state index contributed by atoms with van der Waals surface area (Å²) in [5, 5.41) is 15.9. The number of H-pyrrole nitrogens is 1. The summed E-state index contributed by atoms with van der Waals surface area (Å²) in [5.74, 6) is 0.220. The number of ether oxygens (including phenoxy) is 1. The van der Waals surface area contributed by atoms with Gasteiger partial charge in [-0.2, -0.15) is 10.2 Å². The van der Waals surface area contributed by atoms with Crippen molar-refractivity contribution in [1.82, 2.24) is 29.9 Å². The number of likely N-dealkylation sites (tertiary alicyclic amines) is 1. The van der Waals surface area contributed by atoms with Crippen LogP contribution in [0.2, 0.25) is 10.0 Å². The van der Waals surface area contributed by atoms with Crippen LogP contribution in [0.3, 0.4) is 0 Å². The number of aromatic nitrogens is 5. The number of halogens is 2. The first-order valence-corrected chi connectivity index (χ1v) is 12.1. The molecule has 2 N–H and O–H groups in total. The Morgan fingerprint density at radius 2 is 2.09 bits per heavy atom. The number of amides is 1. The van der Waals surface area contributed by atoms with Gasteiger partial charge in [-0.25, -0.2) is 0 Å². The standard InChI is InChI=1S/C24H25Cl2N7O2/c1-14(22-19(25)10-27-11-20(22)26)35-17-5-6-21-18(8-17)23(31-30-21)24(34)29-15-9-28-33(12-15)13-16-4-3-7-32(16)2/h5-6,8-12,14,16H,3-4,7,13H2,1-2H3,(H,29,34)(H,30,31)/t14-,16?/m1/s1. The first-order valence-electron chi connectivity index (χ1n) is 11.4. The van der Waals surface area contributed by atoms with Gasteiger partial charge < -0.3 is 15.0 Å². The third kappa shape index (κ3) is 4.98. The van der Waals surface area contributed by atoms with E-state index in [0.29, 0.717) is 38.5 Å². The number of hydrogen-bond acceptors (Lipinski definition) is 6. The average Bonchev–Trinajstić information content (AvgIpc) is 3.54. The molecule has 1 amide bonds. The van der Waals surface area contributed by atoms with Crippen molar-refractivity contribution in [2.75, 3.05) is 18.9 Å². The first-order chi connectivity index (χ1) is 16.9. The molecule has 35 heavy (non-hydrogen) atoms. The van der Waals surface area contributed by atoms with E-state index in [2.05, 4.69) is 37.5 Å². The second-order valence-electron chi connectivity index (χ2n) is 8.74. The van der Waals surface area contributed by atoms with Crippen LogP contribution in [0.25, 0.3) is 10.9 Å². The normalized spacial score (nSPS) is 17.1. The van der Waals surface area contributed by atoms with Gasteiger partial charge in [0.05, 0.1) is 34.0 Å². The number of rotatable bonds is 7. The van der Waals surface area contributed by atoms with Gasteiger partial charge in [-0.15, -0.1) is 0 Å². The highest BCUT2D eigenvalue weighted by atomic mass is 35.5. The molecule has 0 spiro atoms. The van der Waals surface area contributed by atoms with Crippen LogP contribution < -0.4 is 10.1 Å². The SMILES string of the molecule is C[C@@H](Oc1ccc2[nH]nc(C(=O)Nc3cnn(CC4CCCN4C)c3)c2c1)c1c(Cl)cncc1Cl. The monoisotopic (exact) mass is 513 g/mol. The number of carbonyl (C=O) groups excluding carboxylic acids is 1. The Morgan fingerprint density at radius 1 is 1.29 bits per heavy atom. The number of hydrogen-bond donors (Lipinski definition) is 2. The Morgan fingerprint density at radius 3 is 2.83 bits per heavy atom. The van der Waals surface area contributed by atoms with Crippen molar-refractivity contribution in [2.24, 2.45) is 0 Å². The van der Waals surface area contributed by atoms with E-state index in [4.69, 9.17) is 27.9 Å². The van der Waals surface area contributed by atoms with Gasteiger partial charge in [0.1, 0.15) is 11.9 Å². The van der Waals surface area contributed by atoms with Crippen molar-refractivity contribution in [2.45, 2.75) is 38.5 Å². The van der Waals surface area contributed by atoms with Crippen LogP contribution in [0, 0.1) is 0 Å². The smallest absolute Gasteiger partial charge is 0.276 e. The molecule has 0 bridgehead atoms. The summed E-state index contributed by atoms with van der Waals surface area (Å²) >= 11 is 12.5. The van der Waals surface area contributed by atoms with Crippen LogP contribution in [0.4, 0.5) is 5.69 Å². The summed E-state index contributed by atoms with van der Waals surface area (Å²) in [6.45, 7) is 3.75. The zero-order chi connectivity index (χ0) is 24.5. The van der Waals surface area contributed by atoms with E-state index >= 15 is 0 Å². The molecule has 4 aromatic rings. The number of aromatic amines is 1. The molecule has 182 valence electrons. The van der Waals surface area contributed by atoms with Gasteiger partial charge in [-0.3, -0.25) is 19.6 Å². The lowest BCUT2D eigenvalue weighted by Crippen LogP contribution is -2.29. The lowest BCUT2D eigenvalue weighted by atomic mass is 10.1. The van der Waals surface area contributed by atoms with Gasteiger partial charge in [0.2, 0.25) is 0 Å². The minimum absolute atomic E-state index is 0.265. The van der Waals surface area contributed by atoms with Crippen molar-refractivity contribution in [3.63, 3.8) is 0 Å². The van der Waals surface area contributed by atoms with Crippen LogP contribution in [0.1, 0.15) is 41.9 Å². The Labute approximate surface area is 212 Å². The minimum Gasteiger partial charge on any atom is -0.486 e. The van der Waals surface area contributed by atoms with Gasteiger partial charge in [0.15, 0.2) is 5.69 Å². The molecule has 1 aliphatic rings. The quantitative estimate of drug-likeness (QED) is 0.362. The number of anilines is 1.